The monoisotopic (exact) mass is 361 g/mol. The SMILES string of the molecule is c1ccc2c(c1)CNC(c1nc(-c3ccc(N4CCCC4)cc3)cs1)C2. The maximum Gasteiger partial charge on any atom is 0.111 e. The number of nitrogens with one attached hydrogen (secondary N) is 1. The Morgan fingerprint density at radius 1 is 0.962 bits per heavy atom. The first-order valence-electron chi connectivity index (χ1n) is 9.48. The third-order valence-electron chi connectivity index (χ3n) is 5.54. The Morgan fingerprint density at radius 3 is 2.54 bits per heavy atom. The molecule has 1 N–H and O–H groups in total. The van der Waals surface area contributed by atoms with Crippen molar-refractivity contribution in [3.05, 3.63) is 70.0 Å². The summed E-state index contributed by atoms with van der Waals surface area (Å²) in [5, 5.41) is 7.03. The Bertz CT molecular complexity index is 894. The van der Waals surface area contributed by atoms with Crippen molar-refractivity contribution < 1.29 is 0 Å². The van der Waals surface area contributed by atoms with E-state index in [4.69, 9.17) is 4.98 Å². The molecule has 0 aliphatic carbocycles. The normalized spacial score (nSPS) is 19.5. The van der Waals surface area contributed by atoms with E-state index in [9.17, 15) is 0 Å². The zero-order chi connectivity index (χ0) is 17.3. The molecular weight excluding hydrogens is 338 g/mol. The molecule has 5 rings (SSSR count). The Balaban J connectivity index is 1.34. The van der Waals surface area contributed by atoms with Crippen LogP contribution in [0.3, 0.4) is 0 Å². The fourth-order valence-corrected chi connectivity index (χ4v) is 4.93. The van der Waals surface area contributed by atoms with Gasteiger partial charge in [-0.1, -0.05) is 36.4 Å². The van der Waals surface area contributed by atoms with E-state index in [-0.39, 0.29) is 0 Å². The standard InChI is InChI=1S/C22H23N3S/c1-2-6-18-14-23-20(13-17(18)5-1)22-24-21(15-26-22)16-7-9-19(10-8-16)25-11-3-4-12-25/h1-2,5-10,15,20,23H,3-4,11-14H2. The summed E-state index contributed by atoms with van der Waals surface area (Å²) in [6.07, 6.45) is 3.65. The Kier molecular flexibility index (Phi) is 4.23. The third kappa shape index (κ3) is 3.04. The molecule has 0 saturated carbocycles. The molecule has 3 aromatic rings. The van der Waals surface area contributed by atoms with Crippen LogP contribution in [-0.4, -0.2) is 18.1 Å². The predicted molar refractivity (Wildman–Crippen MR) is 109 cm³/mol. The highest BCUT2D eigenvalue weighted by Gasteiger charge is 2.22. The summed E-state index contributed by atoms with van der Waals surface area (Å²) in [5.74, 6) is 0. The minimum Gasteiger partial charge on any atom is -0.372 e. The van der Waals surface area contributed by atoms with Crippen molar-refractivity contribution in [3.8, 4) is 11.3 Å². The van der Waals surface area contributed by atoms with Gasteiger partial charge < -0.3 is 10.2 Å². The van der Waals surface area contributed by atoms with E-state index in [0.717, 1.165) is 18.7 Å². The van der Waals surface area contributed by atoms with Crippen molar-refractivity contribution in [3.63, 3.8) is 0 Å². The summed E-state index contributed by atoms with van der Waals surface area (Å²) < 4.78 is 0. The molecule has 2 aromatic carbocycles. The van der Waals surface area contributed by atoms with Crippen molar-refractivity contribution in [2.24, 2.45) is 0 Å². The number of fused-ring (bicyclic) bond motifs is 1. The maximum atomic E-state index is 4.95. The number of anilines is 1. The molecule has 0 bridgehead atoms. The molecule has 3 heterocycles. The lowest BCUT2D eigenvalue weighted by molar-refractivity contribution is 0.497. The number of rotatable bonds is 3. The summed E-state index contributed by atoms with van der Waals surface area (Å²) in [5.41, 5.74) is 6.51. The number of hydrogen-bond acceptors (Lipinski definition) is 4. The second-order valence-corrected chi connectivity index (χ2v) is 8.11. The lowest BCUT2D eigenvalue weighted by Gasteiger charge is -2.24. The van der Waals surface area contributed by atoms with E-state index < -0.39 is 0 Å². The van der Waals surface area contributed by atoms with Gasteiger partial charge in [0.25, 0.3) is 0 Å². The van der Waals surface area contributed by atoms with Crippen molar-refractivity contribution in [2.75, 3.05) is 18.0 Å². The molecule has 132 valence electrons. The largest absolute Gasteiger partial charge is 0.372 e. The molecule has 0 amide bonds. The zero-order valence-corrected chi connectivity index (χ0v) is 15.6. The number of aromatic nitrogens is 1. The lowest BCUT2D eigenvalue weighted by Crippen LogP contribution is -2.28. The molecule has 26 heavy (non-hydrogen) atoms. The zero-order valence-electron chi connectivity index (χ0n) is 14.8. The first-order chi connectivity index (χ1) is 12.9. The van der Waals surface area contributed by atoms with Gasteiger partial charge in [-0.15, -0.1) is 11.3 Å². The Morgan fingerprint density at radius 2 is 1.73 bits per heavy atom. The Labute approximate surface area is 158 Å². The van der Waals surface area contributed by atoms with Crippen molar-refractivity contribution >= 4 is 17.0 Å². The van der Waals surface area contributed by atoms with E-state index in [1.807, 2.05) is 0 Å². The van der Waals surface area contributed by atoms with E-state index in [2.05, 4.69) is 64.1 Å². The van der Waals surface area contributed by atoms with Crippen molar-refractivity contribution in [1.82, 2.24) is 10.3 Å². The average Bonchev–Trinajstić information content (AvgIpc) is 3.40. The number of benzene rings is 2. The summed E-state index contributed by atoms with van der Waals surface area (Å²) >= 11 is 1.77. The topological polar surface area (TPSA) is 28.2 Å². The summed E-state index contributed by atoms with van der Waals surface area (Å²) in [6.45, 7) is 3.31. The van der Waals surface area contributed by atoms with Crippen molar-refractivity contribution in [1.29, 1.82) is 0 Å². The second-order valence-electron chi connectivity index (χ2n) is 7.22. The minimum atomic E-state index is 0.326. The lowest BCUT2D eigenvalue weighted by atomic mass is 9.96. The molecule has 0 spiro atoms. The van der Waals surface area contributed by atoms with Crippen LogP contribution in [0.1, 0.15) is 35.0 Å². The van der Waals surface area contributed by atoms with Crippen LogP contribution in [0.15, 0.2) is 53.9 Å². The average molecular weight is 362 g/mol. The first kappa shape index (κ1) is 16.0. The van der Waals surface area contributed by atoms with Crippen LogP contribution in [0.25, 0.3) is 11.3 Å². The molecule has 1 aromatic heterocycles. The number of thiazole rings is 1. The van der Waals surface area contributed by atoms with Gasteiger partial charge in [0.15, 0.2) is 0 Å². The minimum absolute atomic E-state index is 0.326. The summed E-state index contributed by atoms with van der Waals surface area (Å²) in [7, 11) is 0. The molecule has 0 radical (unpaired) electrons. The van der Waals surface area contributed by atoms with E-state index in [1.165, 1.54) is 53.3 Å². The molecule has 1 unspecified atom stereocenters. The highest BCUT2D eigenvalue weighted by Crippen LogP contribution is 2.31. The van der Waals surface area contributed by atoms with Gasteiger partial charge in [-0.2, -0.15) is 0 Å². The highest BCUT2D eigenvalue weighted by atomic mass is 32.1. The predicted octanol–water partition coefficient (Wildman–Crippen LogP) is 4.80. The third-order valence-corrected chi connectivity index (χ3v) is 6.49. The maximum absolute atomic E-state index is 4.95. The second kappa shape index (κ2) is 6.86. The van der Waals surface area contributed by atoms with Crippen LogP contribution in [0.2, 0.25) is 0 Å². The van der Waals surface area contributed by atoms with Crippen LogP contribution < -0.4 is 10.2 Å². The number of nitrogens with zero attached hydrogens (tertiary/aromatic N) is 2. The summed E-state index contributed by atoms with van der Waals surface area (Å²) in [6, 6.07) is 18.0. The Hall–Kier alpha value is -2.17. The quantitative estimate of drug-likeness (QED) is 0.726. The molecule has 2 aliphatic rings. The fourth-order valence-electron chi connectivity index (χ4n) is 4.03. The molecular formula is C22H23N3S. The van der Waals surface area contributed by atoms with E-state index in [0.29, 0.717) is 6.04 Å². The number of hydrogen-bond donors (Lipinski definition) is 1. The van der Waals surface area contributed by atoms with Gasteiger partial charge in [0.1, 0.15) is 5.01 Å². The molecule has 3 nitrogen and oxygen atoms in total. The summed E-state index contributed by atoms with van der Waals surface area (Å²) in [4.78, 5) is 7.42. The van der Waals surface area contributed by atoms with Crippen LogP contribution in [0.5, 0.6) is 0 Å². The smallest absolute Gasteiger partial charge is 0.111 e. The van der Waals surface area contributed by atoms with Crippen LogP contribution in [-0.2, 0) is 13.0 Å². The van der Waals surface area contributed by atoms with Gasteiger partial charge in [0.2, 0.25) is 0 Å². The fraction of sp³-hybridized carbons (Fsp3) is 0.318. The van der Waals surface area contributed by atoms with Gasteiger partial charge in [0.05, 0.1) is 11.7 Å². The van der Waals surface area contributed by atoms with E-state index in [1.54, 1.807) is 11.3 Å². The molecule has 4 heteroatoms. The van der Waals surface area contributed by atoms with Crippen LogP contribution in [0.4, 0.5) is 5.69 Å². The van der Waals surface area contributed by atoms with Gasteiger partial charge in [-0.25, -0.2) is 4.98 Å². The van der Waals surface area contributed by atoms with E-state index >= 15 is 0 Å². The molecule has 1 saturated heterocycles. The van der Waals surface area contributed by atoms with Crippen LogP contribution in [0, 0.1) is 0 Å². The van der Waals surface area contributed by atoms with Crippen LogP contribution >= 0.6 is 11.3 Å². The first-order valence-corrected chi connectivity index (χ1v) is 10.4. The molecule has 2 aliphatic heterocycles. The highest BCUT2D eigenvalue weighted by molar-refractivity contribution is 7.10. The van der Waals surface area contributed by atoms with Gasteiger partial charge in [-0.3, -0.25) is 0 Å². The van der Waals surface area contributed by atoms with Gasteiger partial charge in [0, 0.05) is 36.3 Å². The molecule has 1 fully saturated rings. The van der Waals surface area contributed by atoms with Gasteiger partial charge in [-0.05, 0) is 42.5 Å². The van der Waals surface area contributed by atoms with Gasteiger partial charge >= 0.3 is 0 Å². The molecule has 1 atom stereocenters. The van der Waals surface area contributed by atoms with Crippen molar-refractivity contribution in [2.45, 2.75) is 31.8 Å².